The summed E-state index contributed by atoms with van der Waals surface area (Å²) in [5, 5.41) is 0. The molecular formula is C15H28N2O2. The Morgan fingerprint density at radius 1 is 1.11 bits per heavy atom. The van der Waals surface area contributed by atoms with Crippen LogP contribution in [0.3, 0.4) is 0 Å². The molecule has 2 saturated heterocycles. The van der Waals surface area contributed by atoms with E-state index in [2.05, 4.69) is 4.90 Å². The maximum atomic E-state index is 12.1. The maximum absolute atomic E-state index is 12.1. The zero-order chi connectivity index (χ0) is 13.9. The first kappa shape index (κ1) is 14.8. The van der Waals surface area contributed by atoms with Gasteiger partial charge in [0.05, 0.1) is 5.60 Å². The summed E-state index contributed by atoms with van der Waals surface area (Å²) in [5.41, 5.74) is -0.233. The standard InChI is InChI=1S/C15H28N2O2/c1-15(2,3)19-12-14(18)17-10-6-13(7-11-17)16-8-4-5-9-16/h13H,4-12H2,1-3H3. The van der Waals surface area contributed by atoms with Crippen molar-refractivity contribution in [3.63, 3.8) is 0 Å². The normalized spacial score (nSPS) is 23.0. The van der Waals surface area contributed by atoms with Crippen LogP contribution in [-0.2, 0) is 9.53 Å². The van der Waals surface area contributed by atoms with E-state index in [4.69, 9.17) is 4.74 Å². The van der Waals surface area contributed by atoms with Gasteiger partial charge in [-0.05, 0) is 59.5 Å². The molecule has 0 bridgehead atoms. The third-order valence-corrected chi connectivity index (χ3v) is 4.10. The van der Waals surface area contributed by atoms with Gasteiger partial charge in [0.15, 0.2) is 0 Å². The van der Waals surface area contributed by atoms with Gasteiger partial charge in [0.1, 0.15) is 6.61 Å². The zero-order valence-corrected chi connectivity index (χ0v) is 12.7. The molecule has 2 aliphatic heterocycles. The Morgan fingerprint density at radius 2 is 1.68 bits per heavy atom. The van der Waals surface area contributed by atoms with Gasteiger partial charge in [-0.2, -0.15) is 0 Å². The first-order chi connectivity index (χ1) is 8.96. The van der Waals surface area contributed by atoms with Crippen molar-refractivity contribution in [1.82, 2.24) is 9.80 Å². The van der Waals surface area contributed by atoms with E-state index in [0.29, 0.717) is 6.04 Å². The first-order valence-corrected chi connectivity index (χ1v) is 7.61. The number of carbonyl (C=O) groups excluding carboxylic acids is 1. The molecule has 110 valence electrons. The number of rotatable bonds is 3. The van der Waals surface area contributed by atoms with E-state index in [0.717, 1.165) is 25.9 Å². The summed E-state index contributed by atoms with van der Waals surface area (Å²) in [6.07, 6.45) is 4.94. The van der Waals surface area contributed by atoms with E-state index < -0.39 is 0 Å². The minimum atomic E-state index is -0.233. The minimum absolute atomic E-state index is 0.148. The Hall–Kier alpha value is -0.610. The Bertz CT molecular complexity index is 298. The molecule has 0 aromatic carbocycles. The zero-order valence-electron chi connectivity index (χ0n) is 12.7. The number of hydrogen-bond donors (Lipinski definition) is 0. The van der Waals surface area contributed by atoms with Crippen LogP contribution < -0.4 is 0 Å². The predicted octanol–water partition coefficient (Wildman–Crippen LogP) is 1.89. The molecule has 2 rings (SSSR count). The van der Waals surface area contributed by atoms with Gasteiger partial charge < -0.3 is 14.5 Å². The van der Waals surface area contributed by atoms with Crippen molar-refractivity contribution in [3.8, 4) is 0 Å². The van der Waals surface area contributed by atoms with Crippen LogP contribution in [-0.4, -0.2) is 60.1 Å². The van der Waals surface area contributed by atoms with Gasteiger partial charge in [-0.25, -0.2) is 0 Å². The summed E-state index contributed by atoms with van der Waals surface area (Å²) >= 11 is 0. The number of piperidine rings is 1. The second kappa shape index (κ2) is 6.23. The summed E-state index contributed by atoms with van der Waals surface area (Å²) in [6.45, 7) is 10.5. The van der Waals surface area contributed by atoms with Crippen LogP contribution in [0.2, 0.25) is 0 Å². The maximum Gasteiger partial charge on any atom is 0.248 e. The highest BCUT2D eigenvalue weighted by atomic mass is 16.5. The molecule has 0 radical (unpaired) electrons. The van der Waals surface area contributed by atoms with Crippen LogP contribution >= 0.6 is 0 Å². The highest BCUT2D eigenvalue weighted by Crippen LogP contribution is 2.21. The van der Waals surface area contributed by atoms with Crippen LogP contribution in [0.25, 0.3) is 0 Å². The molecule has 19 heavy (non-hydrogen) atoms. The van der Waals surface area contributed by atoms with Crippen molar-refractivity contribution in [2.45, 2.75) is 58.1 Å². The number of likely N-dealkylation sites (tertiary alicyclic amines) is 2. The average molecular weight is 268 g/mol. The molecule has 0 aromatic heterocycles. The molecule has 0 saturated carbocycles. The monoisotopic (exact) mass is 268 g/mol. The summed E-state index contributed by atoms with van der Waals surface area (Å²) in [6, 6.07) is 0.704. The molecule has 0 spiro atoms. The quantitative estimate of drug-likeness (QED) is 0.783. The van der Waals surface area contributed by atoms with Crippen LogP contribution in [0, 0.1) is 0 Å². The summed E-state index contributed by atoms with van der Waals surface area (Å²) in [5.74, 6) is 0.148. The highest BCUT2D eigenvalue weighted by Gasteiger charge is 2.28. The average Bonchev–Trinajstić information content (AvgIpc) is 2.89. The topological polar surface area (TPSA) is 32.8 Å². The summed E-state index contributed by atoms with van der Waals surface area (Å²) in [7, 11) is 0. The molecular weight excluding hydrogens is 240 g/mol. The number of ether oxygens (including phenoxy) is 1. The van der Waals surface area contributed by atoms with E-state index >= 15 is 0 Å². The van der Waals surface area contributed by atoms with Gasteiger partial charge in [-0.1, -0.05) is 0 Å². The Morgan fingerprint density at radius 3 is 2.21 bits per heavy atom. The largest absolute Gasteiger partial charge is 0.366 e. The number of nitrogens with zero attached hydrogens (tertiary/aromatic N) is 2. The summed E-state index contributed by atoms with van der Waals surface area (Å²) < 4.78 is 5.57. The number of hydrogen-bond acceptors (Lipinski definition) is 3. The fraction of sp³-hybridized carbons (Fsp3) is 0.933. The smallest absolute Gasteiger partial charge is 0.248 e. The van der Waals surface area contributed by atoms with E-state index in [-0.39, 0.29) is 18.1 Å². The van der Waals surface area contributed by atoms with Gasteiger partial charge in [-0.15, -0.1) is 0 Å². The minimum Gasteiger partial charge on any atom is -0.366 e. The number of amides is 1. The molecule has 4 heteroatoms. The fourth-order valence-corrected chi connectivity index (χ4v) is 2.96. The third kappa shape index (κ3) is 4.46. The lowest BCUT2D eigenvalue weighted by atomic mass is 10.0. The van der Waals surface area contributed by atoms with Crippen molar-refractivity contribution < 1.29 is 9.53 Å². The van der Waals surface area contributed by atoms with Gasteiger partial charge in [0, 0.05) is 19.1 Å². The van der Waals surface area contributed by atoms with E-state index in [1.54, 1.807) is 0 Å². The molecule has 0 N–H and O–H groups in total. The van der Waals surface area contributed by atoms with Crippen molar-refractivity contribution in [2.75, 3.05) is 32.8 Å². The van der Waals surface area contributed by atoms with Crippen LogP contribution in [0.1, 0.15) is 46.5 Å². The second-order valence-electron chi connectivity index (χ2n) is 6.76. The highest BCUT2D eigenvalue weighted by molar-refractivity contribution is 5.77. The molecule has 2 fully saturated rings. The molecule has 0 aliphatic carbocycles. The molecule has 4 nitrogen and oxygen atoms in total. The van der Waals surface area contributed by atoms with Crippen molar-refractivity contribution in [1.29, 1.82) is 0 Å². The van der Waals surface area contributed by atoms with Gasteiger partial charge in [0.2, 0.25) is 5.91 Å². The van der Waals surface area contributed by atoms with E-state index in [9.17, 15) is 4.79 Å². The predicted molar refractivity (Wildman–Crippen MR) is 76.1 cm³/mol. The van der Waals surface area contributed by atoms with Crippen molar-refractivity contribution in [3.05, 3.63) is 0 Å². The lowest BCUT2D eigenvalue weighted by Crippen LogP contribution is -2.47. The van der Waals surface area contributed by atoms with Gasteiger partial charge in [0.25, 0.3) is 0 Å². The van der Waals surface area contributed by atoms with Crippen LogP contribution in [0.15, 0.2) is 0 Å². The third-order valence-electron chi connectivity index (χ3n) is 4.10. The molecule has 0 unspecified atom stereocenters. The van der Waals surface area contributed by atoms with E-state index in [1.165, 1.54) is 25.9 Å². The lowest BCUT2D eigenvalue weighted by molar-refractivity contribution is -0.142. The van der Waals surface area contributed by atoms with Crippen LogP contribution in [0.4, 0.5) is 0 Å². The molecule has 0 aromatic rings. The Kier molecular flexibility index (Phi) is 4.85. The first-order valence-electron chi connectivity index (χ1n) is 7.61. The lowest BCUT2D eigenvalue weighted by Gasteiger charge is -2.37. The SMILES string of the molecule is CC(C)(C)OCC(=O)N1CCC(N2CCCC2)CC1. The Labute approximate surface area is 117 Å². The molecule has 1 amide bonds. The fourth-order valence-electron chi connectivity index (χ4n) is 2.96. The number of carbonyl (C=O) groups is 1. The van der Waals surface area contributed by atoms with Gasteiger partial charge in [-0.3, -0.25) is 4.79 Å². The molecule has 2 heterocycles. The van der Waals surface area contributed by atoms with Crippen LogP contribution in [0.5, 0.6) is 0 Å². The van der Waals surface area contributed by atoms with Crippen molar-refractivity contribution >= 4 is 5.91 Å². The second-order valence-corrected chi connectivity index (χ2v) is 6.76. The summed E-state index contributed by atoms with van der Waals surface area (Å²) in [4.78, 5) is 16.6. The van der Waals surface area contributed by atoms with Crippen molar-refractivity contribution in [2.24, 2.45) is 0 Å². The van der Waals surface area contributed by atoms with Gasteiger partial charge >= 0.3 is 0 Å². The Balaban J connectivity index is 1.71. The molecule has 2 aliphatic rings. The van der Waals surface area contributed by atoms with E-state index in [1.807, 2.05) is 25.7 Å². The molecule has 0 atom stereocenters.